The largest absolute Gasteiger partial charge is 0.508 e. The summed E-state index contributed by atoms with van der Waals surface area (Å²) in [6.07, 6.45) is 1.82. The van der Waals surface area contributed by atoms with Gasteiger partial charge in [-0.25, -0.2) is 4.98 Å². The summed E-state index contributed by atoms with van der Waals surface area (Å²) in [5, 5.41) is 9.28. The third-order valence-electron chi connectivity index (χ3n) is 3.26. The molecule has 6 nitrogen and oxygen atoms in total. The van der Waals surface area contributed by atoms with E-state index in [0.29, 0.717) is 30.1 Å². The summed E-state index contributed by atoms with van der Waals surface area (Å²) in [5.74, 6) is 0.447. The summed E-state index contributed by atoms with van der Waals surface area (Å²) in [6, 6.07) is 10.1. The van der Waals surface area contributed by atoms with Gasteiger partial charge in [0.05, 0.1) is 40.7 Å². The van der Waals surface area contributed by atoms with E-state index in [2.05, 4.69) is 8.51 Å². The van der Waals surface area contributed by atoms with Gasteiger partial charge in [0.1, 0.15) is 11.6 Å². The fourth-order valence-electron chi connectivity index (χ4n) is 2.15. The zero-order chi connectivity index (χ0) is 17.5. The van der Waals surface area contributed by atoms with Gasteiger partial charge in [-0.2, -0.15) is 0 Å². The molecule has 0 amide bonds. The average Bonchev–Trinajstić information content (AvgIpc) is 2.57. The molecule has 0 fully saturated rings. The SMILES string of the molecule is COCc1ccc(C(=O)C=C(N)Cc2ccc(O)cc2)c(NI)n1. The predicted molar refractivity (Wildman–Crippen MR) is 101 cm³/mol. The minimum atomic E-state index is -0.220. The van der Waals surface area contributed by atoms with Gasteiger partial charge < -0.3 is 19.1 Å². The minimum Gasteiger partial charge on any atom is -0.508 e. The van der Waals surface area contributed by atoms with Crippen LogP contribution in [0.2, 0.25) is 0 Å². The highest BCUT2D eigenvalue weighted by atomic mass is 127. The van der Waals surface area contributed by atoms with Crippen LogP contribution in [0, 0.1) is 0 Å². The number of ketones is 1. The molecule has 0 radical (unpaired) electrons. The quantitative estimate of drug-likeness (QED) is 0.266. The number of anilines is 1. The second-order valence-corrected chi connectivity index (χ2v) is 5.69. The Morgan fingerprint density at radius 3 is 2.67 bits per heavy atom. The zero-order valence-corrected chi connectivity index (χ0v) is 15.3. The molecule has 0 aliphatic carbocycles. The Bertz CT molecular complexity index is 745. The van der Waals surface area contributed by atoms with Crippen LogP contribution < -0.4 is 9.26 Å². The molecule has 4 N–H and O–H groups in total. The fraction of sp³-hybridized carbons (Fsp3) is 0.176. The summed E-state index contributed by atoms with van der Waals surface area (Å²) in [4.78, 5) is 16.8. The number of aromatic nitrogens is 1. The van der Waals surface area contributed by atoms with Crippen molar-refractivity contribution >= 4 is 34.5 Å². The molecule has 1 aromatic carbocycles. The molecule has 0 bridgehead atoms. The topological polar surface area (TPSA) is 97.5 Å². The number of methoxy groups -OCH3 is 1. The molecule has 0 aliphatic rings. The van der Waals surface area contributed by atoms with E-state index in [-0.39, 0.29) is 11.5 Å². The minimum absolute atomic E-state index is 0.192. The van der Waals surface area contributed by atoms with E-state index in [1.54, 1.807) is 43.5 Å². The molecule has 7 heteroatoms. The Balaban J connectivity index is 2.16. The molecule has 24 heavy (non-hydrogen) atoms. The number of halogens is 1. The molecule has 0 aliphatic heterocycles. The van der Waals surface area contributed by atoms with Crippen molar-refractivity contribution in [2.75, 3.05) is 10.6 Å². The molecule has 0 unspecified atom stereocenters. The molecule has 0 saturated carbocycles. The molecule has 0 spiro atoms. The Morgan fingerprint density at radius 1 is 1.33 bits per heavy atom. The van der Waals surface area contributed by atoms with E-state index in [0.717, 1.165) is 11.3 Å². The van der Waals surface area contributed by atoms with E-state index in [9.17, 15) is 9.90 Å². The van der Waals surface area contributed by atoms with Gasteiger partial charge in [0.25, 0.3) is 0 Å². The molecule has 1 aromatic heterocycles. The third-order valence-corrected chi connectivity index (χ3v) is 3.77. The Hall–Kier alpha value is -2.13. The highest BCUT2D eigenvalue weighted by Gasteiger charge is 2.12. The number of phenols is 1. The number of carbonyl (C=O) groups is 1. The van der Waals surface area contributed by atoms with Crippen molar-refractivity contribution in [3.63, 3.8) is 0 Å². The Labute approximate surface area is 154 Å². The van der Waals surface area contributed by atoms with Crippen molar-refractivity contribution in [2.45, 2.75) is 13.0 Å². The maximum Gasteiger partial charge on any atom is 0.191 e. The van der Waals surface area contributed by atoms with Crippen LogP contribution in [0.4, 0.5) is 5.82 Å². The highest BCUT2D eigenvalue weighted by molar-refractivity contribution is 14.1. The van der Waals surface area contributed by atoms with Gasteiger partial charge in [-0.15, -0.1) is 0 Å². The van der Waals surface area contributed by atoms with Crippen LogP contribution in [0.15, 0.2) is 48.2 Å². The fourth-order valence-corrected chi connectivity index (χ4v) is 2.56. The second kappa shape index (κ2) is 8.65. The predicted octanol–water partition coefficient (Wildman–Crippen LogP) is 2.96. The summed E-state index contributed by atoms with van der Waals surface area (Å²) in [7, 11) is 1.59. The number of allylic oxidation sites excluding steroid dienone is 2. The van der Waals surface area contributed by atoms with Gasteiger partial charge in [0.15, 0.2) is 5.78 Å². The van der Waals surface area contributed by atoms with Crippen LogP contribution in [0.5, 0.6) is 5.75 Å². The lowest BCUT2D eigenvalue weighted by atomic mass is 10.1. The number of nitrogens with one attached hydrogen (secondary N) is 1. The van der Waals surface area contributed by atoms with Crippen molar-refractivity contribution in [3.05, 3.63) is 65.0 Å². The number of benzene rings is 1. The molecule has 126 valence electrons. The first-order valence-electron chi connectivity index (χ1n) is 7.17. The van der Waals surface area contributed by atoms with E-state index in [1.165, 1.54) is 6.08 Å². The van der Waals surface area contributed by atoms with Crippen LogP contribution in [0.25, 0.3) is 0 Å². The Morgan fingerprint density at radius 2 is 2.04 bits per heavy atom. The second-order valence-electron chi connectivity index (χ2n) is 5.15. The third kappa shape index (κ3) is 4.93. The Kier molecular flexibility index (Phi) is 6.56. The number of hydrogen-bond acceptors (Lipinski definition) is 6. The van der Waals surface area contributed by atoms with Gasteiger partial charge in [-0.1, -0.05) is 12.1 Å². The number of rotatable bonds is 7. The number of nitrogens with two attached hydrogens (primary N) is 1. The van der Waals surface area contributed by atoms with Crippen LogP contribution in [-0.4, -0.2) is 23.0 Å². The normalized spacial score (nSPS) is 11.3. The molecule has 2 rings (SSSR count). The van der Waals surface area contributed by atoms with Crippen molar-refractivity contribution in [2.24, 2.45) is 5.73 Å². The van der Waals surface area contributed by atoms with Gasteiger partial charge in [-0.05, 0) is 29.8 Å². The van der Waals surface area contributed by atoms with Crippen LogP contribution in [0.1, 0.15) is 21.6 Å². The number of carbonyl (C=O) groups excluding carboxylic acids is 1. The monoisotopic (exact) mass is 439 g/mol. The van der Waals surface area contributed by atoms with E-state index >= 15 is 0 Å². The molecule has 0 saturated heterocycles. The van der Waals surface area contributed by atoms with Gasteiger partial charge in [0, 0.05) is 25.3 Å². The standard InChI is InChI=1S/C17H18IN3O3/c1-24-10-13-4-7-15(17(20-13)21-18)16(23)9-12(19)8-11-2-5-14(22)6-3-11/h2-7,9,22H,8,10,19H2,1H3,(H,20,21). The van der Waals surface area contributed by atoms with E-state index < -0.39 is 0 Å². The first-order valence-corrected chi connectivity index (χ1v) is 8.25. The van der Waals surface area contributed by atoms with Gasteiger partial charge >= 0.3 is 0 Å². The lowest BCUT2D eigenvalue weighted by Crippen LogP contribution is -2.08. The molecule has 2 aromatic rings. The first kappa shape index (κ1) is 18.2. The number of ether oxygens (including phenoxy) is 1. The van der Waals surface area contributed by atoms with Gasteiger partial charge in [-0.3, -0.25) is 4.79 Å². The van der Waals surface area contributed by atoms with Gasteiger partial charge in [0.2, 0.25) is 0 Å². The summed E-state index contributed by atoms with van der Waals surface area (Å²) >= 11 is 1.93. The smallest absolute Gasteiger partial charge is 0.191 e. The van der Waals surface area contributed by atoms with Crippen LogP contribution in [0.3, 0.4) is 0 Å². The number of hydrogen-bond donors (Lipinski definition) is 3. The number of phenolic OH excluding ortho intramolecular Hbond substituents is 1. The lowest BCUT2D eigenvalue weighted by Gasteiger charge is -2.08. The zero-order valence-electron chi connectivity index (χ0n) is 13.1. The molecule has 1 heterocycles. The maximum atomic E-state index is 12.4. The van der Waals surface area contributed by atoms with Crippen molar-refractivity contribution < 1.29 is 14.6 Å². The van der Waals surface area contributed by atoms with Crippen molar-refractivity contribution in [1.29, 1.82) is 0 Å². The van der Waals surface area contributed by atoms with Crippen molar-refractivity contribution in [3.8, 4) is 5.75 Å². The number of nitrogens with zero attached hydrogens (tertiary/aromatic N) is 1. The summed E-state index contributed by atoms with van der Waals surface area (Å²) in [5.41, 5.74) is 8.49. The molecular formula is C17H18IN3O3. The number of pyridine rings is 1. The average molecular weight is 439 g/mol. The van der Waals surface area contributed by atoms with E-state index in [1.807, 2.05) is 22.9 Å². The van der Waals surface area contributed by atoms with Crippen molar-refractivity contribution in [1.82, 2.24) is 4.98 Å². The van der Waals surface area contributed by atoms with Crippen LogP contribution >= 0.6 is 22.9 Å². The summed E-state index contributed by atoms with van der Waals surface area (Å²) < 4.78 is 7.93. The van der Waals surface area contributed by atoms with E-state index in [4.69, 9.17) is 10.5 Å². The highest BCUT2D eigenvalue weighted by Crippen LogP contribution is 2.18. The lowest BCUT2D eigenvalue weighted by molar-refractivity contribution is 0.104. The molecular weight excluding hydrogens is 421 g/mol. The van der Waals surface area contributed by atoms with Crippen LogP contribution in [-0.2, 0) is 17.8 Å². The number of aromatic hydroxyl groups is 1. The first-order chi connectivity index (χ1) is 11.5. The molecule has 0 atom stereocenters. The maximum absolute atomic E-state index is 12.4. The summed E-state index contributed by atoms with van der Waals surface area (Å²) in [6.45, 7) is 0.374.